The van der Waals surface area contributed by atoms with Crippen molar-refractivity contribution in [2.75, 3.05) is 6.61 Å². The van der Waals surface area contributed by atoms with Crippen LogP contribution >= 0.6 is 0 Å². The molecule has 67 heavy (non-hydrogen) atoms. The monoisotopic (exact) mass is 936 g/mol. The molecule has 392 valence electrons. The molecule has 0 saturated heterocycles. The van der Waals surface area contributed by atoms with E-state index in [1.165, 1.54) is 250 Å². The second-order valence-electron chi connectivity index (χ2n) is 20.4. The van der Waals surface area contributed by atoms with Gasteiger partial charge in [-0.1, -0.05) is 293 Å². The summed E-state index contributed by atoms with van der Waals surface area (Å²) in [4.78, 5) is 12.5. The molecule has 0 spiro atoms. The summed E-state index contributed by atoms with van der Waals surface area (Å²) in [5, 5.41) is 23.1. The van der Waals surface area contributed by atoms with E-state index in [1.54, 1.807) is 6.08 Å². The van der Waals surface area contributed by atoms with Gasteiger partial charge in [-0.05, 0) is 77.0 Å². The third kappa shape index (κ3) is 54.9. The summed E-state index contributed by atoms with van der Waals surface area (Å²) in [5.74, 6) is -0.0737. The Balaban J connectivity index is 3.48. The van der Waals surface area contributed by atoms with Crippen LogP contribution in [0.5, 0.6) is 0 Å². The number of aliphatic hydroxyl groups excluding tert-OH is 2. The molecule has 0 aromatic heterocycles. The molecule has 2 atom stereocenters. The quantitative estimate of drug-likeness (QED) is 0.0420. The second kappa shape index (κ2) is 58.4. The predicted molar refractivity (Wildman–Crippen MR) is 299 cm³/mol. The van der Waals surface area contributed by atoms with Crippen molar-refractivity contribution < 1.29 is 15.0 Å². The number of rotatable bonds is 55. The lowest BCUT2D eigenvalue weighted by Gasteiger charge is -2.19. The number of carbonyl (C=O) groups excluding carboxylic acids is 1. The molecule has 2 unspecified atom stereocenters. The minimum absolute atomic E-state index is 0.0737. The van der Waals surface area contributed by atoms with Crippen molar-refractivity contribution in [3.8, 4) is 0 Å². The van der Waals surface area contributed by atoms with Crippen LogP contribution in [-0.4, -0.2) is 34.9 Å². The fraction of sp³-hybridized carbons (Fsp3) is 0.825. The first-order chi connectivity index (χ1) is 33.2. The van der Waals surface area contributed by atoms with Crippen molar-refractivity contribution in [3.05, 3.63) is 60.8 Å². The predicted octanol–water partition coefficient (Wildman–Crippen LogP) is 20.0. The lowest BCUT2D eigenvalue weighted by atomic mass is 10.0. The van der Waals surface area contributed by atoms with Crippen molar-refractivity contribution >= 4 is 5.91 Å². The summed E-state index contributed by atoms with van der Waals surface area (Å²) in [6, 6.07) is -0.646. The second-order valence-corrected chi connectivity index (χ2v) is 20.4. The summed E-state index contributed by atoms with van der Waals surface area (Å²) < 4.78 is 0. The maximum absolute atomic E-state index is 12.5. The Labute approximate surface area is 419 Å². The van der Waals surface area contributed by atoms with Crippen molar-refractivity contribution in [3.63, 3.8) is 0 Å². The largest absolute Gasteiger partial charge is 0.394 e. The molecule has 0 aromatic carbocycles. The van der Waals surface area contributed by atoms with Gasteiger partial charge in [0.2, 0.25) is 5.91 Å². The van der Waals surface area contributed by atoms with E-state index in [2.05, 4.69) is 67.8 Å². The molecule has 0 heterocycles. The van der Waals surface area contributed by atoms with Crippen LogP contribution in [0, 0.1) is 0 Å². The molecule has 0 aliphatic heterocycles. The first-order valence-electron chi connectivity index (χ1n) is 30.0. The van der Waals surface area contributed by atoms with E-state index in [-0.39, 0.29) is 12.5 Å². The fourth-order valence-corrected chi connectivity index (χ4v) is 9.13. The highest BCUT2D eigenvalue weighted by atomic mass is 16.3. The van der Waals surface area contributed by atoms with Gasteiger partial charge in [0.15, 0.2) is 0 Å². The number of unbranched alkanes of at least 4 members (excludes halogenated alkanes) is 40. The fourth-order valence-electron chi connectivity index (χ4n) is 9.13. The molecule has 4 nitrogen and oxygen atoms in total. The van der Waals surface area contributed by atoms with Gasteiger partial charge in [0.25, 0.3) is 0 Å². The zero-order valence-electron chi connectivity index (χ0n) is 45.2. The number of carbonyl (C=O) groups is 1. The molecule has 0 aromatic rings. The van der Waals surface area contributed by atoms with E-state index in [0.717, 1.165) is 44.9 Å². The third-order valence-corrected chi connectivity index (χ3v) is 13.7. The molecule has 0 rings (SSSR count). The summed E-state index contributed by atoms with van der Waals surface area (Å²) >= 11 is 0. The Morgan fingerprint density at radius 2 is 0.627 bits per heavy atom. The van der Waals surface area contributed by atoms with Crippen molar-refractivity contribution in [2.24, 2.45) is 0 Å². The van der Waals surface area contributed by atoms with Gasteiger partial charge >= 0.3 is 0 Å². The topological polar surface area (TPSA) is 69.6 Å². The summed E-state index contributed by atoms with van der Waals surface area (Å²) in [6.45, 7) is 4.30. The molecule has 1 amide bonds. The molecular formula is C63H117NO3. The van der Waals surface area contributed by atoms with Gasteiger partial charge in [-0.2, -0.15) is 0 Å². The Hall–Kier alpha value is -1.91. The third-order valence-electron chi connectivity index (χ3n) is 13.7. The van der Waals surface area contributed by atoms with Crippen LogP contribution in [0.25, 0.3) is 0 Å². The highest BCUT2D eigenvalue weighted by Crippen LogP contribution is 2.17. The van der Waals surface area contributed by atoms with Gasteiger partial charge < -0.3 is 15.5 Å². The molecule has 4 heteroatoms. The first kappa shape index (κ1) is 65.1. The summed E-state index contributed by atoms with van der Waals surface area (Å²) in [5.41, 5.74) is 0. The Bertz CT molecular complexity index is 1110. The van der Waals surface area contributed by atoms with Crippen molar-refractivity contribution in [2.45, 2.75) is 328 Å². The molecule has 0 aliphatic carbocycles. The molecule has 0 saturated carbocycles. The van der Waals surface area contributed by atoms with E-state index in [0.29, 0.717) is 6.42 Å². The van der Waals surface area contributed by atoms with E-state index in [1.807, 2.05) is 6.08 Å². The number of hydrogen-bond acceptors (Lipinski definition) is 3. The number of nitrogens with one attached hydrogen (secondary N) is 1. The normalized spacial score (nSPS) is 13.2. The molecule has 0 bridgehead atoms. The van der Waals surface area contributed by atoms with Crippen LogP contribution in [-0.2, 0) is 4.79 Å². The summed E-state index contributed by atoms with van der Waals surface area (Å²) in [6.07, 6.45) is 82.6. The van der Waals surface area contributed by atoms with E-state index < -0.39 is 12.1 Å². The summed E-state index contributed by atoms with van der Waals surface area (Å²) in [7, 11) is 0. The number of aliphatic hydroxyl groups is 2. The zero-order chi connectivity index (χ0) is 48.5. The standard InChI is InChI=1S/C63H117NO3/c1-3-5-7-9-11-13-15-17-19-21-23-25-26-27-28-29-30-31-32-33-34-35-36-37-38-39-41-43-45-47-49-51-53-55-57-59-63(67)64-61(60-65)62(66)58-56-54-52-50-48-46-44-42-40-24-22-20-18-16-14-12-10-8-6-4-2/h15,17,21,23,40,42,48,50,56,58,61-62,65-66H,3-14,16,18-20,22,24-39,41,43-47,49,51-55,57,59-60H2,1-2H3,(H,64,67)/b17-15-,23-21-,42-40+,50-48+,58-56+. The van der Waals surface area contributed by atoms with Gasteiger partial charge in [-0.25, -0.2) is 0 Å². The van der Waals surface area contributed by atoms with Crippen molar-refractivity contribution in [1.29, 1.82) is 0 Å². The van der Waals surface area contributed by atoms with Gasteiger partial charge in [0.1, 0.15) is 0 Å². The highest BCUT2D eigenvalue weighted by Gasteiger charge is 2.18. The van der Waals surface area contributed by atoms with Gasteiger partial charge in [-0.3, -0.25) is 4.79 Å². The maximum Gasteiger partial charge on any atom is 0.220 e. The Morgan fingerprint density at radius 3 is 0.955 bits per heavy atom. The van der Waals surface area contributed by atoms with Gasteiger partial charge in [0.05, 0.1) is 18.8 Å². The minimum atomic E-state index is -0.871. The number of allylic oxidation sites excluding steroid dienone is 9. The van der Waals surface area contributed by atoms with Crippen LogP contribution in [0.4, 0.5) is 0 Å². The van der Waals surface area contributed by atoms with Crippen LogP contribution in [0.3, 0.4) is 0 Å². The van der Waals surface area contributed by atoms with E-state index in [9.17, 15) is 15.0 Å². The van der Waals surface area contributed by atoms with Gasteiger partial charge in [-0.15, -0.1) is 0 Å². The maximum atomic E-state index is 12.5. The smallest absolute Gasteiger partial charge is 0.220 e. The van der Waals surface area contributed by atoms with Gasteiger partial charge in [0, 0.05) is 6.42 Å². The average molecular weight is 937 g/mol. The van der Waals surface area contributed by atoms with Crippen LogP contribution < -0.4 is 5.32 Å². The first-order valence-corrected chi connectivity index (χ1v) is 30.0. The van der Waals surface area contributed by atoms with Crippen LogP contribution in [0.1, 0.15) is 316 Å². The number of hydrogen-bond donors (Lipinski definition) is 3. The van der Waals surface area contributed by atoms with Crippen LogP contribution in [0.15, 0.2) is 60.8 Å². The average Bonchev–Trinajstić information content (AvgIpc) is 3.33. The van der Waals surface area contributed by atoms with Crippen LogP contribution in [0.2, 0.25) is 0 Å². The Kier molecular flexibility index (Phi) is 56.7. The minimum Gasteiger partial charge on any atom is -0.394 e. The van der Waals surface area contributed by atoms with Crippen molar-refractivity contribution in [1.82, 2.24) is 5.32 Å². The zero-order valence-corrected chi connectivity index (χ0v) is 45.2. The lowest BCUT2D eigenvalue weighted by molar-refractivity contribution is -0.123. The van der Waals surface area contributed by atoms with E-state index >= 15 is 0 Å². The molecule has 0 radical (unpaired) electrons. The molecule has 0 fully saturated rings. The number of amides is 1. The molecule has 0 aliphatic rings. The Morgan fingerprint density at radius 1 is 0.358 bits per heavy atom. The lowest BCUT2D eigenvalue weighted by Crippen LogP contribution is -2.45. The highest BCUT2D eigenvalue weighted by molar-refractivity contribution is 5.76. The molecule has 3 N–H and O–H groups in total. The SMILES string of the molecule is CCCCCCC/C=C\C/C=C\CCCCCCCCCCCCCCCCCCCCCCCCCC(=O)NC(CO)C(O)/C=C/CC/C=C/CC/C=C/CCCCCCCCCCCC. The van der Waals surface area contributed by atoms with E-state index in [4.69, 9.17) is 0 Å². The molecular weight excluding hydrogens is 819 g/mol.